The van der Waals surface area contributed by atoms with Crippen molar-refractivity contribution in [2.75, 3.05) is 12.3 Å². The van der Waals surface area contributed by atoms with Crippen molar-refractivity contribution >= 4 is 40.2 Å². The largest absolute Gasteiger partial charge is 0.394 e. The van der Waals surface area contributed by atoms with E-state index in [-0.39, 0.29) is 22.5 Å². The maximum absolute atomic E-state index is 10.1. The highest BCUT2D eigenvalue weighted by Gasteiger charge is 2.42. The Labute approximate surface area is 128 Å². The van der Waals surface area contributed by atoms with E-state index in [0.717, 1.165) is 0 Å². The van der Waals surface area contributed by atoms with Crippen molar-refractivity contribution in [1.82, 2.24) is 19.5 Å². The highest BCUT2D eigenvalue weighted by Crippen LogP contribution is 2.39. The summed E-state index contributed by atoms with van der Waals surface area (Å²) in [7, 11) is 0. The van der Waals surface area contributed by atoms with Crippen LogP contribution in [-0.2, 0) is 4.74 Å². The Morgan fingerprint density at radius 3 is 2.81 bits per heavy atom. The molecular weight excluding hydrogens is 321 g/mol. The van der Waals surface area contributed by atoms with Gasteiger partial charge in [0.2, 0.25) is 0 Å². The topological polar surface area (TPSA) is 119 Å². The normalized spacial score (nSPS) is 25.7. The molecule has 0 unspecified atom stereocenters. The Balaban J connectivity index is 2.14. The smallest absolute Gasteiger partial charge is 0.167 e. The van der Waals surface area contributed by atoms with Gasteiger partial charge in [0.25, 0.3) is 0 Å². The SMILES string of the molecule is Nc1ncnc2c1ncn2[C@@H]1O[C@H](CO)[C@@H](O)C1=C(Cl)Cl. The maximum Gasteiger partial charge on any atom is 0.167 e. The summed E-state index contributed by atoms with van der Waals surface area (Å²) in [6, 6.07) is 0. The molecular formula is C11H11Cl2N5O3. The highest BCUT2D eigenvalue weighted by atomic mass is 35.5. The fourth-order valence-corrected chi connectivity index (χ4v) is 2.67. The van der Waals surface area contributed by atoms with Gasteiger partial charge in [-0.2, -0.15) is 0 Å². The molecule has 8 nitrogen and oxygen atoms in total. The number of nitrogen functional groups attached to an aromatic ring is 1. The molecule has 0 amide bonds. The number of halogens is 2. The summed E-state index contributed by atoms with van der Waals surface area (Å²) in [6.45, 7) is -0.383. The van der Waals surface area contributed by atoms with Crippen molar-refractivity contribution in [3.63, 3.8) is 0 Å². The molecule has 0 aliphatic carbocycles. The van der Waals surface area contributed by atoms with E-state index in [1.165, 1.54) is 17.2 Å². The van der Waals surface area contributed by atoms with Crippen LogP contribution in [-0.4, -0.2) is 48.5 Å². The monoisotopic (exact) mass is 331 g/mol. The summed E-state index contributed by atoms with van der Waals surface area (Å²) in [6.07, 6.45) is -0.0720. The second kappa shape index (κ2) is 5.39. The van der Waals surface area contributed by atoms with Gasteiger partial charge < -0.3 is 20.7 Å². The van der Waals surface area contributed by atoms with E-state index in [1.54, 1.807) is 0 Å². The lowest BCUT2D eigenvalue weighted by molar-refractivity contribution is -0.0422. The molecule has 4 N–H and O–H groups in total. The van der Waals surface area contributed by atoms with Crippen LogP contribution in [0.15, 0.2) is 22.7 Å². The predicted octanol–water partition coefficient (Wildman–Crippen LogP) is 0.348. The fraction of sp³-hybridized carbons (Fsp3) is 0.364. The number of aliphatic hydroxyl groups excluding tert-OH is 2. The number of rotatable bonds is 2. The Kier molecular flexibility index (Phi) is 3.72. The molecule has 10 heteroatoms. The minimum Gasteiger partial charge on any atom is -0.394 e. The van der Waals surface area contributed by atoms with Gasteiger partial charge in [-0.05, 0) is 0 Å². The molecule has 2 aromatic heterocycles. The van der Waals surface area contributed by atoms with E-state index in [4.69, 9.17) is 33.7 Å². The first-order valence-electron chi connectivity index (χ1n) is 5.97. The molecule has 21 heavy (non-hydrogen) atoms. The summed E-state index contributed by atoms with van der Waals surface area (Å²) in [5, 5.41) is 19.4. The first-order chi connectivity index (χ1) is 10.0. The first kappa shape index (κ1) is 14.5. The highest BCUT2D eigenvalue weighted by molar-refractivity contribution is 6.56. The molecule has 1 fully saturated rings. The van der Waals surface area contributed by atoms with E-state index in [1.807, 2.05) is 0 Å². The number of nitrogens with two attached hydrogens (primary N) is 1. The zero-order valence-corrected chi connectivity index (χ0v) is 12.0. The van der Waals surface area contributed by atoms with Crippen LogP contribution in [0.3, 0.4) is 0 Å². The third-order valence-electron chi connectivity index (χ3n) is 3.28. The van der Waals surface area contributed by atoms with Gasteiger partial charge >= 0.3 is 0 Å². The van der Waals surface area contributed by atoms with Crippen molar-refractivity contribution < 1.29 is 14.9 Å². The number of fused-ring (bicyclic) bond motifs is 1. The van der Waals surface area contributed by atoms with Crippen molar-refractivity contribution in [2.45, 2.75) is 18.4 Å². The minimum absolute atomic E-state index is 0.132. The van der Waals surface area contributed by atoms with E-state index < -0.39 is 18.4 Å². The number of imidazole rings is 1. The zero-order chi connectivity index (χ0) is 15.1. The van der Waals surface area contributed by atoms with Crippen LogP contribution in [0.25, 0.3) is 11.2 Å². The van der Waals surface area contributed by atoms with Gasteiger partial charge in [-0.3, -0.25) is 4.57 Å². The Hall–Kier alpha value is -1.45. The van der Waals surface area contributed by atoms with Crippen LogP contribution in [0.4, 0.5) is 5.82 Å². The van der Waals surface area contributed by atoms with Gasteiger partial charge in [-0.1, -0.05) is 23.2 Å². The molecule has 0 spiro atoms. The standard InChI is InChI=1S/C11H11Cl2N5O3/c12-8(13)5-7(20)4(1-19)21-11(5)18-3-17-6-9(14)15-2-16-10(6)18/h2-4,7,11,19-20H,1H2,(H2,14,15,16)/t4-,7-,11-/m1/s1. The molecule has 3 rings (SSSR count). The lowest BCUT2D eigenvalue weighted by atomic mass is 10.1. The Morgan fingerprint density at radius 2 is 2.14 bits per heavy atom. The first-order valence-corrected chi connectivity index (χ1v) is 6.72. The van der Waals surface area contributed by atoms with Crippen molar-refractivity contribution in [1.29, 1.82) is 0 Å². The quantitative estimate of drug-likeness (QED) is 0.726. The number of hydrogen-bond donors (Lipinski definition) is 3. The molecule has 3 atom stereocenters. The lowest BCUT2D eigenvalue weighted by Gasteiger charge is -2.14. The summed E-state index contributed by atoms with van der Waals surface area (Å²) >= 11 is 11.7. The van der Waals surface area contributed by atoms with Crippen molar-refractivity contribution in [3.8, 4) is 0 Å². The summed E-state index contributed by atoms with van der Waals surface area (Å²) in [5.41, 5.74) is 6.76. The van der Waals surface area contributed by atoms with Crippen LogP contribution >= 0.6 is 23.2 Å². The molecule has 0 bridgehead atoms. The van der Waals surface area contributed by atoms with E-state index in [2.05, 4.69) is 15.0 Å². The van der Waals surface area contributed by atoms with Crippen molar-refractivity contribution in [3.05, 3.63) is 22.7 Å². The molecule has 0 radical (unpaired) electrons. The number of nitrogens with zero attached hydrogens (tertiary/aromatic N) is 4. The molecule has 1 saturated heterocycles. The van der Waals surface area contributed by atoms with Crippen LogP contribution in [0.2, 0.25) is 0 Å². The molecule has 1 aliphatic heterocycles. The third kappa shape index (κ3) is 2.25. The zero-order valence-electron chi connectivity index (χ0n) is 10.5. The molecule has 0 aromatic carbocycles. The fourth-order valence-electron chi connectivity index (χ4n) is 2.26. The third-order valence-corrected chi connectivity index (χ3v) is 3.71. The molecule has 2 aromatic rings. The van der Waals surface area contributed by atoms with E-state index >= 15 is 0 Å². The minimum atomic E-state index is -1.12. The van der Waals surface area contributed by atoms with Gasteiger partial charge in [0.1, 0.15) is 28.5 Å². The lowest BCUT2D eigenvalue weighted by Crippen LogP contribution is -2.25. The molecule has 1 aliphatic rings. The number of ether oxygens (including phenoxy) is 1. The van der Waals surface area contributed by atoms with E-state index in [0.29, 0.717) is 11.2 Å². The average Bonchev–Trinajstić information content (AvgIpc) is 3.00. The molecule has 0 saturated carbocycles. The van der Waals surface area contributed by atoms with E-state index in [9.17, 15) is 10.2 Å². The Bertz CT molecular complexity index is 715. The second-order valence-electron chi connectivity index (χ2n) is 4.45. The number of aromatic nitrogens is 4. The molecule has 3 heterocycles. The van der Waals surface area contributed by atoms with Gasteiger partial charge in [-0.25, -0.2) is 15.0 Å². The van der Waals surface area contributed by atoms with Gasteiger partial charge in [0, 0.05) is 5.57 Å². The Morgan fingerprint density at radius 1 is 1.38 bits per heavy atom. The second-order valence-corrected chi connectivity index (χ2v) is 5.40. The summed E-state index contributed by atoms with van der Waals surface area (Å²) < 4.78 is 6.97. The average molecular weight is 332 g/mol. The van der Waals surface area contributed by atoms with Crippen LogP contribution < -0.4 is 5.73 Å². The van der Waals surface area contributed by atoms with Gasteiger partial charge in [-0.15, -0.1) is 0 Å². The summed E-state index contributed by atoms with van der Waals surface area (Å²) in [4.78, 5) is 12.0. The maximum atomic E-state index is 10.1. The number of aliphatic hydroxyl groups is 2. The van der Waals surface area contributed by atoms with Gasteiger partial charge in [0.05, 0.1) is 12.9 Å². The molecule has 112 valence electrons. The van der Waals surface area contributed by atoms with Gasteiger partial charge in [0.15, 0.2) is 17.7 Å². The van der Waals surface area contributed by atoms with Crippen LogP contribution in [0.5, 0.6) is 0 Å². The van der Waals surface area contributed by atoms with Crippen molar-refractivity contribution in [2.24, 2.45) is 0 Å². The number of anilines is 1. The van der Waals surface area contributed by atoms with Crippen LogP contribution in [0, 0.1) is 0 Å². The number of hydrogen-bond acceptors (Lipinski definition) is 7. The van der Waals surface area contributed by atoms with Crippen LogP contribution in [0.1, 0.15) is 6.23 Å². The predicted molar refractivity (Wildman–Crippen MR) is 75.5 cm³/mol. The summed E-state index contributed by atoms with van der Waals surface area (Å²) in [5.74, 6) is 0.221.